The monoisotopic (exact) mass is 1880 g/mol. The number of allylic oxidation sites excluding steroid dienone is 1. The van der Waals surface area contributed by atoms with Crippen LogP contribution in [0.1, 0.15) is 183 Å². The Morgan fingerprint density at radius 2 is 1.23 bits per heavy atom. The molecular formula is C94H152N14O25. The van der Waals surface area contributed by atoms with Crippen molar-refractivity contribution in [3.8, 4) is 0 Å². The van der Waals surface area contributed by atoms with Gasteiger partial charge in [0.2, 0.25) is 59.1 Å². The average molecular weight is 1880 g/mol. The fourth-order valence-corrected chi connectivity index (χ4v) is 17.6. The number of alkyl carbamates (subject to hydrolysis) is 1. The van der Waals surface area contributed by atoms with Gasteiger partial charge in [0.1, 0.15) is 55.1 Å². The van der Waals surface area contributed by atoms with Gasteiger partial charge in [-0.25, -0.2) is 14.4 Å². The van der Waals surface area contributed by atoms with Gasteiger partial charge in [-0.05, 0) is 135 Å². The third-order valence-corrected chi connectivity index (χ3v) is 25.5. The molecule has 21 atom stereocenters. The number of anilines is 1. The van der Waals surface area contributed by atoms with Gasteiger partial charge in [0, 0.05) is 73.0 Å². The lowest BCUT2D eigenvalue weighted by Gasteiger charge is -2.41. The first-order chi connectivity index (χ1) is 63.4. The van der Waals surface area contributed by atoms with Crippen molar-refractivity contribution in [3.05, 3.63) is 78.4 Å². The topological polar surface area (TPSA) is 536 Å². The number of nitrogens with zero attached hydrogens (tertiary/aromatic N) is 3. The molecule has 2 aliphatic heterocycles. The van der Waals surface area contributed by atoms with Gasteiger partial charge in [-0.15, -0.1) is 6.58 Å². The number of likely N-dealkylation sites (N-methyl/N-ethyl adjacent to an activating group) is 2. The van der Waals surface area contributed by atoms with Crippen LogP contribution in [0.5, 0.6) is 0 Å². The molecule has 39 nitrogen and oxygen atoms in total. The molecule has 2 aromatic rings. The van der Waals surface area contributed by atoms with Crippen LogP contribution in [-0.4, -0.2) is 306 Å². The van der Waals surface area contributed by atoms with Crippen LogP contribution in [0.4, 0.5) is 20.1 Å². The van der Waals surface area contributed by atoms with Gasteiger partial charge in [0.15, 0.2) is 0 Å². The molecule has 2 aromatic carbocycles. The number of carbonyl (C=O) groups excluding carboxylic acids is 13. The molecule has 0 spiro atoms. The second kappa shape index (κ2) is 57.9. The minimum Gasteiger partial charge on any atom is -0.449 e. The molecule has 0 bridgehead atoms. The molecule has 0 aromatic heterocycles. The summed E-state index contributed by atoms with van der Waals surface area (Å²) in [7, 11) is 6.00. The molecule has 2 heterocycles. The number of fused-ring (bicyclic) bond motifs is 1. The van der Waals surface area contributed by atoms with Gasteiger partial charge < -0.3 is 127 Å². The lowest BCUT2D eigenvalue weighted by molar-refractivity contribution is -0.148. The van der Waals surface area contributed by atoms with Crippen molar-refractivity contribution in [2.45, 2.75) is 263 Å². The second-order valence-corrected chi connectivity index (χ2v) is 36.3. The van der Waals surface area contributed by atoms with Crippen molar-refractivity contribution < 1.29 is 120 Å². The van der Waals surface area contributed by atoms with Gasteiger partial charge in [-0.2, -0.15) is 0 Å². The number of methoxy groups -OCH3 is 2. The molecule has 6 rings (SSSR count). The van der Waals surface area contributed by atoms with E-state index in [1.54, 1.807) is 104 Å². The van der Waals surface area contributed by atoms with Crippen LogP contribution >= 0.6 is 0 Å². The Hall–Kier alpha value is -9.71. The number of carbonyl (C=O) groups is 13. The van der Waals surface area contributed by atoms with Crippen LogP contribution in [0, 0.1) is 53.3 Å². The van der Waals surface area contributed by atoms with E-state index in [9.17, 15) is 77.6 Å². The number of rotatable bonds is 59. The lowest BCUT2D eigenvalue weighted by atomic mass is 9.89. The van der Waals surface area contributed by atoms with Crippen molar-refractivity contribution in [1.29, 1.82) is 0 Å². The summed E-state index contributed by atoms with van der Waals surface area (Å²) in [4.78, 5) is 182. The quantitative estimate of drug-likeness (QED) is 0.0327. The summed E-state index contributed by atoms with van der Waals surface area (Å²) >= 11 is 0. The van der Waals surface area contributed by atoms with Crippen molar-refractivity contribution >= 4 is 83.0 Å². The molecule has 0 radical (unpaired) electrons. The number of primary amides is 2. The first-order valence-electron chi connectivity index (χ1n) is 47.0. The van der Waals surface area contributed by atoms with Gasteiger partial charge in [0.05, 0.1) is 121 Å². The molecule has 748 valence electrons. The Kier molecular flexibility index (Phi) is 48.8. The van der Waals surface area contributed by atoms with E-state index in [-0.39, 0.29) is 128 Å². The van der Waals surface area contributed by atoms with Crippen molar-refractivity contribution in [2.75, 3.05) is 119 Å². The highest BCUT2D eigenvalue weighted by Crippen LogP contribution is 2.54. The highest BCUT2D eigenvalue weighted by atomic mass is 16.6. The maximum absolute atomic E-state index is 15.0. The van der Waals surface area contributed by atoms with Crippen LogP contribution in [0.2, 0.25) is 0 Å². The Bertz CT molecular complexity index is 4000. The van der Waals surface area contributed by atoms with Gasteiger partial charge >= 0.3 is 18.2 Å². The summed E-state index contributed by atoms with van der Waals surface area (Å²) in [6.07, 6.45) is -0.762. The zero-order valence-corrected chi connectivity index (χ0v) is 80.2. The molecule has 14 amide bonds. The van der Waals surface area contributed by atoms with E-state index in [4.69, 9.17) is 54.1 Å². The minimum absolute atomic E-state index is 0.00400. The summed E-state index contributed by atoms with van der Waals surface area (Å²) in [6, 6.07) is 6.19. The predicted octanol–water partition coefficient (Wildman–Crippen LogP) is 4.15. The maximum atomic E-state index is 15.0. The maximum Gasteiger partial charge on any atom is 0.410 e. The minimum atomic E-state index is -1.49. The highest BCUT2D eigenvalue weighted by molar-refractivity contribution is 5.99. The molecule has 2 unspecified atom stereocenters. The Morgan fingerprint density at radius 1 is 0.609 bits per heavy atom. The normalized spacial score (nSPS) is 21.4. The number of aliphatic hydroxyl groups is 3. The number of benzene rings is 2. The number of nitrogens with two attached hydrogens (primary N) is 2. The zero-order valence-electron chi connectivity index (χ0n) is 80.2. The molecule has 4 aliphatic rings. The van der Waals surface area contributed by atoms with E-state index in [1.165, 1.54) is 57.6 Å². The fraction of sp³-hybridized carbons (Fsp3) is 0.713. The summed E-state index contributed by atoms with van der Waals surface area (Å²) < 4.78 is 51.3. The lowest BCUT2D eigenvalue weighted by Crippen LogP contribution is -2.60. The zero-order chi connectivity index (χ0) is 98.1. The van der Waals surface area contributed by atoms with Crippen LogP contribution in [0.15, 0.2) is 67.3 Å². The molecule has 2 aliphatic carbocycles. The Labute approximate surface area is 782 Å². The number of hydrogen-bond donors (Lipinski definition) is 14. The van der Waals surface area contributed by atoms with Crippen LogP contribution in [0.3, 0.4) is 0 Å². The van der Waals surface area contributed by atoms with Crippen molar-refractivity contribution in [2.24, 2.45) is 64.7 Å². The molecule has 39 heteroatoms. The van der Waals surface area contributed by atoms with Crippen molar-refractivity contribution in [3.63, 3.8) is 0 Å². The number of ether oxygens (including phenoxy) is 9. The molecule has 2 saturated carbocycles. The number of amides is 14. The summed E-state index contributed by atoms with van der Waals surface area (Å²) in [5, 5.41) is 56.5. The van der Waals surface area contributed by atoms with E-state index in [2.05, 4.69) is 60.5 Å². The largest absolute Gasteiger partial charge is 0.449 e. The van der Waals surface area contributed by atoms with Gasteiger partial charge in [-0.1, -0.05) is 124 Å². The van der Waals surface area contributed by atoms with Gasteiger partial charge in [0.25, 0.3) is 0 Å². The number of hydrogen-bond acceptors (Lipinski definition) is 25. The standard InChI is InChI=1S/C94H152N14O25/c1-16-58(9)81(71(125-14)51-77(112)108-41-23-29-70(108)85(126-15)59(10)86(116)100-60(11)82(113)63-25-19-18-20-26-63)106(12)91(121)79(56(5)6)105-90(120)80(57(7)8)107(13)94(124)132-53-62-30-33-64(34-31-62)101-87(117)68(28-22-39-97-92(96)122)103-89(119)78(55(3)4)104-88(118)69(36-37-75(110)99-52-73-84(115)83(114)72(133-73)50-74(95)109)102-76(111)38-42-127-44-46-129-48-49-130-47-45-128-43-40-98-93(123)131-54-67-65-27-21-24-61(17-2)32-35-66(65)67/h17-20,25-26,30-31,33-34,55-61,65-73,78-85,113-115H,2,16,21-24,27-29,32,35-54H2,1,3-15H3,(H2,95,109)(H,98,123)(H,99,110)(H,100,116)(H,101,117)(H,102,111)(H,103,119)(H,104,118)(H,105,120)(H3,96,97,122)/t58-,59+,60+,61?,65+,66-,67?,68-,69-,70-,71+,72-,73+,78-,79-,80-,81-,82+,83-,84+,85+/m0/s1. The summed E-state index contributed by atoms with van der Waals surface area (Å²) in [5.74, 6) is -6.53. The fourth-order valence-electron chi connectivity index (χ4n) is 17.6. The average Bonchev–Trinajstić information content (AvgIpc) is 1.43. The number of aliphatic hydroxyl groups excluding tert-OH is 3. The number of urea groups is 1. The van der Waals surface area contributed by atoms with Crippen LogP contribution < -0.4 is 59.3 Å². The number of nitrogens with one attached hydrogen (secondary N) is 9. The van der Waals surface area contributed by atoms with E-state index in [1.807, 2.05) is 19.9 Å². The van der Waals surface area contributed by atoms with E-state index in [0.717, 1.165) is 17.7 Å². The molecule has 16 N–H and O–H groups in total. The first-order valence-corrected chi connectivity index (χ1v) is 47.0. The van der Waals surface area contributed by atoms with Crippen LogP contribution in [0.25, 0.3) is 0 Å². The third kappa shape index (κ3) is 36.5. The Balaban J connectivity index is 1.00. The second-order valence-electron chi connectivity index (χ2n) is 36.3. The van der Waals surface area contributed by atoms with E-state index < -0.39 is 193 Å². The highest BCUT2D eigenvalue weighted by Gasteiger charge is 2.51. The molecular weight excluding hydrogens is 1730 g/mol. The predicted molar refractivity (Wildman–Crippen MR) is 492 cm³/mol. The van der Waals surface area contributed by atoms with E-state index in [0.29, 0.717) is 73.8 Å². The SMILES string of the molecule is C=CC1CCC[C@H]2C(COC(=O)NCCOCCOCCOCCOCCC(=O)N[C@@H](CCC(=O)NC[C@H]3O[C@@H](CC(N)=O)[C@H](O)[C@@H]3O)C(=O)N[C@H](C(=O)N[C@@H](CCCNC(N)=O)C(=O)Nc3ccc(COC(=O)N(C)[C@H](C(=O)N[C@H](C(=O)N(C)[C@@H]([C@@H](C)CC)[C@@H](CC(=O)N4CCC[C@H]4[C@H](OC)[C@@H](C)C(=O)N[C@H](C)[C@@H](O)c4ccccc4)OC)C(C)C)C(C)C)cc3)C(C)C)[C@H]2CC1. The van der Waals surface area contributed by atoms with Crippen molar-refractivity contribution in [1.82, 2.24) is 57.2 Å². The van der Waals surface area contributed by atoms with Crippen LogP contribution in [-0.2, 0) is 97.2 Å². The number of likely N-dealkylation sites (tertiary alicyclic amines) is 1. The summed E-state index contributed by atoms with van der Waals surface area (Å²) in [6.45, 7) is 23.6. The molecule has 133 heavy (non-hydrogen) atoms. The molecule has 4 fully saturated rings. The van der Waals surface area contributed by atoms with E-state index >= 15 is 0 Å². The summed E-state index contributed by atoms with van der Waals surface area (Å²) in [5.41, 5.74) is 12.0. The van der Waals surface area contributed by atoms with Gasteiger partial charge in [-0.3, -0.25) is 52.8 Å². The third-order valence-electron chi connectivity index (χ3n) is 25.5. The first kappa shape index (κ1) is 112. The smallest absolute Gasteiger partial charge is 0.410 e. The molecule has 2 saturated heterocycles. The Morgan fingerprint density at radius 3 is 1.84 bits per heavy atom.